The van der Waals surface area contributed by atoms with Crippen molar-refractivity contribution in [3.05, 3.63) is 47.5 Å². The van der Waals surface area contributed by atoms with Crippen molar-refractivity contribution >= 4 is 0 Å². The van der Waals surface area contributed by atoms with Crippen LogP contribution in [-0.2, 0) is 52.2 Å². The first-order valence-corrected chi connectivity index (χ1v) is 19.8. The monoisotopic (exact) mass is 782 g/mol. The molecule has 2 aromatic carbocycles. The SMILES string of the molecule is CCCCOCC(C)(O[O-])c1cc(OCCCC)ccc1OCCCC.CCCCOCC(C)(O[O-])c1cc(OCCCC)ccc1OCCCC.[Ti+2]. The first-order valence-electron chi connectivity index (χ1n) is 19.8. The maximum Gasteiger partial charge on any atom is 2.00 e. The van der Waals surface area contributed by atoms with Crippen LogP contribution in [-0.4, -0.2) is 52.9 Å². The van der Waals surface area contributed by atoms with E-state index in [9.17, 15) is 10.5 Å². The van der Waals surface area contributed by atoms with Crippen molar-refractivity contribution in [3.8, 4) is 23.0 Å². The van der Waals surface area contributed by atoms with Crippen LogP contribution in [0.2, 0.25) is 0 Å². The topological polar surface area (TPSA) is 120 Å². The number of rotatable bonds is 30. The molecule has 2 atom stereocenters. The zero-order valence-electron chi connectivity index (χ0n) is 34.2. The van der Waals surface area contributed by atoms with Crippen molar-refractivity contribution in [2.24, 2.45) is 0 Å². The van der Waals surface area contributed by atoms with Crippen LogP contribution in [0.5, 0.6) is 23.0 Å². The van der Waals surface area contributed by atoms with E-state index in [4.69, 9.17) is 28.4 Å². The van der Waals surface area contributed by atoms with E-state index in [0.717, 1.165) is 77.0 Å². The van der Waals surface area contributed by atoms with Gasteiger partial charge >= 0.3 is 21.7 Å². The van der Waals surface area contributed by atoms with Crippen LogP contribution in [0.25, 0.3) is 0 Å². The molecule has 0 aliphatic carbocycles. The van der Waals surface area contributed by atoms with Crippen LogP contribution in [0.3, 0.4) is 0 Å². The summed E-state index contributed by atoms with van der Waals surface area (Å²) in [6.45, 7) is 20.2. The number of hydrogen-bond acceptors (Lipinski definition) is 10. The van der Waals surface area contributed by atoms with Crippen molar-refractivity contribution in [1.82, 2.24) is 0 Å². The minimum Gasteiger partial charge on any atom is -0.723 e. The molecule has 10 nitrogen and oxygen atoms in total. The molecule has 2 aromatic rings. The molecule has 0 fully saturated rings. The van der Waals surface area contributed by atoms with E-state index in [-0.39, 0.29) is 34.9 Å². The first-order chi connectivity index (χ1) is 25.2. The van der Waals surface area contributed by atoms with Crippen molar-refractivity contribution in [1.29, 1.82) is 0 Å². The summed E-state index contributed by atoms with van der Waals surface area (Å²) in [5.41, 5.74) is -0.901. The second-order valence-corrected chi connectivity index (χ2v) is 13.6. The van der Waals surface area contributed by atoms with Gasteiger partial charge in [-0.3, -0.25) is 0 Å². The fraction of sp³-hybridized carbons (Fsp3) is 0.714. The molecular formula is C42H70O10Ti. The minimum absolute atomic E-state index is 0. The summed E-state index contributed by atoms with van der Waals surface area (Å²) in [4.78, 5) is 9.24. The Hall–Kier alpha value is -1.89. The summed E-state index contributed by atoms with van der Waals surface area (Å²) >= 11 is 0. The van der Waals surface area contributed by atoms with E-state index in [1.165, 1.54) is 0 Å². The van der Waals surface area contributed by atoms with Crippen LogP contribution in [0, 0.1) is 0 Å². The maximum absolute atomic E-state index is 11.6. The predicted octanol–water partition coefficient (Wildman–Crippen LogP) is 8.73. The van der Waals surface area contributed by atoms with E-state index in [0.29, 0.717) is 73.8 Å². The standard InChI is InChI=1S/2C21H36O5.Ti/c2*1-5-8-13-23-17-21(4,26-22)19-16-18(24-14-9-6-2)11-12-20(19)25-15-10-7-3;/h2*11-12,16,22H,5-10,13-15,17H2,1-4H3;/q;;+2/p-2. The molecule has 0 bridgehead atoms. The Bertz CT molecular complexity index is 1080. The third-order valence-corrected chi connectivity index (χ3v) is 8.49. The molecule has 2 unspecified atom stereocenters. The zero-order valence-corrected chi connectivity index (χ0v) is 35.8. The summed E-state index contributed by atoms with van der Waals surface area (Å²) in [5, 5.41) is 23.2. The minimum atomic E-state index is -1.13. The van der Waals surface area contributed by atoms with Gasteiger partial charge in [-0.05, 0) is 88.8 Å². The smallest absolute Gasteiger partial charge is 0.723 e. The molecule has 0 saturated heterocycles. The van der Waals surface area contributed by atoms with E-state index in [1.807, 2.05) is 36.4 Å². The molecule has 53 heavy (non-hydrogen) atoms. The first kappa shape index (κ1) is 51.1. The Labute approximate surface area is 336 Å². The van der Waals surface area contributed by atoms with Gasteiger partial charge in [-0.15, -0.1) is 0 Å². The van der Waals surface area contributed by atoms with Crippen molar-refractivity contribution in [2.75, 3.05) is 52.9 Å². The Morgan fingerprint density at radius 3 is 1.06 bits per heavy atom. The van der Waals surface area contributed by atoms with E-state index in [1.54, 1.807) is 13.8 Å². The predicted molar refractivity (Wildman–Crippen MR) is 203 cm³/mol. The summed E-state index contributed by atoms with van der Waals surface area (Å²) < 4.78 is 34.8. The maximum atomic E-state index is 11.6. The van der Waals surface area contributed by atoms with Crippen LogP contribution in [0.15, 0.2) is 36.4 Å². The van der Waals surface area contributed by atoms with Gasteiger partial charge in [0, 0.05) is 24.3 Å². The molecule has 0 aliphatic rings. The molecule has 0 radical (unpaired) electrons. The molecule has 302 valence electrons. The van der Waals surface area contributed by atoms with Gasteiger partial charge in [-0.25, -0.2) is 0 Å². The number of hydrogen-bond donors (Lipinski definition) is 0. The number of benzene rings is 2. The van der Waals surface area contributed by atoms with Crippen LogP contribution in [0.4, 0.5) is 0 Å². The Morgan fingerprint density at radius 1 is 0.453 bits per heavy atom. The summed E-state index contributed by atoms with van der Waals surface area (Å²) in [7, 11) is 0. The third-order valence-electron chi connectivity index (χ3n) is 8.49. The van der Waals surface area contributed by atoms with Crippen LogP contribution < -0.4 is 29.5 Å². The molecule has 11 heteroatoms. The van der Waals surface area contributed by atoms with Crippen LogP contribution >= 0.6 is 0 Å². The molecule has 2 rings (SSSR count). The van der Waals surface area contributed by atoms with Gasteiger partial charge in [0.05, 0.1) is 39.6 Å². The molecular weight excluding hydrogens is 712 g/mol. The molecule has 0 aromatic heterocycles. The van der Waals surface area contributed by atoms with Gasteiger partial charge < -0.3 is 48.7 Å². The Balaban J connectivity index is 0.00000100. The summed E-state index contributed by atoms with van der Waals surface area (Å²) in [6.07, 6.45) is 12.1. The quantitative estimate of drug-likeness (QED) is 0.0329. The largest absolute Gasteiger partial charge is 2.00 e. The number of unbranched alkanes of at least 4 members (excludes halogenated alkanes) is 6. The van der Waals surface area contributed by atoms with E-state index < -0.39 is 11.2 Å². The van der Waals surface area contributed by atoms with Gasteiger partial charge in [0.1, 0.15) is 34.2 Å². The summed E-state index contributed by atoms with van der Waals surface area (Å²) in [5.74, 6) is 2.73. The molecule has 0 saturated carbocycles. The Morgan fingerprint density at radius 2 is 0.755 bits per heavy atom. The molecule has 0 spiro atoms. The second-order valence-electron chi connectivity index (χ2n) is 13.6. The molecule has 0 amide bonds. The van der Waals surface area contributed by atoms with Gasteiger partial charge in [0.15, 0.2) is 0 Å². The van der Waals surface area contributed by atoms with Gasteiger partial charge in [-0.2, -0.15) is 0 Å². The normalized spacial score (nSPS) is 13.2. The zero-order chi connectivity index (χ0) is 38.5. The molecule has 0 heterocycles. The molecule has 0 aliphatic heterocycles. The van der Waals surface area contributed by atoms with Gasteiger partial charge in [0.25, 0.3) is 0 Å². The summed E-state index contributed by atoms with van der Waals surface area (Å²) in [6, 6.07) is 11.2. The fourth-order valence-electron chi connectivity index (χ4n) is 4.92. The van der Waals surface area contributed by atoms with Crippen molar-refractivity contribution in [2.45, 2.75) is 144 Å². The average Bonchev–Trinajstić information content (AvgIpc) is 3.16. The Kier molecular flexibility index (Phi) is 30.2. The second kappa shape index (κ2) is 31.3. The average molecular weight is 783 g/mol. The van der Waals surface area contributed by atoms with Gasteiger partial charge in [-0.1, -0.05) is 80.1 Å². The van der Waals surface area contributed by atoms with Crippen molar-refractivity contribution < 1.29 is 70.4 Å². The third kappa shape index (κ3) is 20.0. The molecule has 0 N–H and O–H groups in total. The fourth-order valence-corrected chi connectivity index (χ4v) is 4.92. The van der Waals surface area contributed by atoms with E-state index >= 15 is 0 Å². The van der Waals surface area contributed by atoms with E-state index in [2.05, 4.69) is 51.3 Å². The van der Waals surface area contributed by atoms with Gasteiger partial charge in [0.2, 0.25) is 0 Å². The number of ether oxygens (including phenoxy) is 6. The van der Waals surface area contributed by atoms with Crippen molar-refractivity contribution in [3.63, 3.8) is 0 Å². The van der Waals surface area contributed by atoms with Crippen LogP contribution in [0.1, 0.15) is 144 Å².